The van der Waals surface area contributed by atoms with Gasteiger partial charge in [0.05, 0.1) is 0 Å². The molecule has 0 aliphatic rings. The molecule has 0 heteroatoms. The molecule has 0 aromatic heterocycles. The van der Waals surface area contributed by atoms with Gasteiger partial charge in [-0.3, -0.25) is 0 Å². The van der Waals surface area contributed by atoms with E-state index in [-0.39, 0.29) is 7.43 Å². The maximum Gasteiger partial charge on any atom is -0.00258 e. The van der Waals surface area contributed by atoms with Gasteiger partial charge in [0.2, 0.25) is 0 Å². The van der Waals surface area contributed by atoms with Crippen LogP contribution in [-0.4, -0.2) is 0 Å². The molecule has 3 rings (SSSR count). The van der Waals surface area contributed by atoms with Crippen molar-refractivity contribution < 1.29 is 0 Å². The highest BCUT2D eigenvalue weighted by Crippen LogP contribution is 2.33. The van der Waals surface area contributed by atoms with Gasteiger partial charge in [-0.05, 0) is 40.7 Å². The van der Waals surface area contributed by atoms with E-state index in [1.54, 1.807) is 0 Å². The lowest BCUT2D eigenvalue weighted by molar-refractivity contribution is 0.240. The van der Waals surface area contributed by atoms with Crippen LogP contribution in [0.5, 0.6) is 0 Å². The Bertz CT molecular complexity index is 952. The molecule has 0 aliphatic carbocycles. The average molecular weight is 812 g/mol. The molecule has 0 N–H and O–H groups in total. The third kappa shape index (κ3) is 49.8. The fraction of sp³-hybridized carbons (Fsp3) is 0.690. The van der Waals surface area contributed by atoms with Gasteiger partial charge in [-0.15, -0.1) is 0 Å². The number of benzene rings is 3. The van der Waals surface area contributed by atoms with E-state index in [0.29, 0.717) is 16.2 Å². The molecule has 0 heterocycles. The molecule has 3 aromatic rings. The van der Waals surface area contributed by atoms with Crippen LogP contribution in [0.1, 0.15) is 253 Å². The van der Waals surface area contributed by atoms with Crippen molar-refractivity contribution in [1.29, 1.82) is 0 Å². The molecule has 0 fully saturated rings. The summed E-state index contributed by atoms with van der Waals surface area (Å²) < 4.78 is 0. The van der Waals surface area contributed by atoms with Crippen LogP contribution in [0, 0.1) is 23.2 Å². The Hall–Kier alpha value is -2.34. The minimum Gasteiger partial charge on any atom is -0.0776 e. The van der Waals surface area contributed by atoms with Gasteiger partial charge in [-0.2, -0.15) is 0 Å². The van der Waals surface area contributed by atoms with Gasteiger partial charge in [0.15, 0.2) is 0 Å². The molecule has 0 nitrogen and oxygen atoms in total. The molecule has 0 saturated carbocycles. The van der Waals surface area contributed by atoms with Gasteiger partial charge in [0.25, 0.3) is 0 Å². The third-order valence-electron chi connectivity index (χ3n) is 11.2. The Balaban J connectivity index is -0.0000000847. The maximum atomic E-state index is 2.35. The lowest BCUT2D eigenvalue weighted by Gasteiger charge is -2.28. The Kier molecular flexibility index (Phi) is 71.6. The molecule has 0 saturated heterocycles. The van der Waals surface area contributed by atoms with Crippen molar-refractivity contribution >= 4 is 0 Å². The van der Waals surface area contributed by atoms with E-state index in [0.717, 1.165) is 6.42 Å². The molecular weight excluding hydrogens is 697 g/mol. The largest absolute Gasteiger partial charge is 0.0776 e. The zero-order valence-electron chi connectivity index (χ0n) is 43.9. The second-order valence-electron chi connectivity index (χ2n) is 14.8. The highest BCUT2D eigenvalue weighted by Gasteiger charge is 2.20. The van der Waals surface area contributed by atoms with E-state index < -0.39 is 0 Å². The Morgan fingerprint density at radius 1 is 0.362 bits per heavy atom. The summed E-state index contributed by atoms with van der Waals surface area (Å²) in [6, 6.07) is 31.3. The lowest BCUT2D eigenvalue weighted by Crippen LogP contribution is -2.15. The molecule has 0 atom stereocenters. The van der Waals surface area contributed by atoms with E-state index in [4.69, 9.17) is 0 Å². The summed E-state index contributed by atoms with van der Waals surface area (Å²) in [5, 5.41) is 0. The first kappa shape index (κ1) is 73.2. The van der Waals surface area contributed by atoms with E-state index >= 15 is 0 Å². The molecule has 0 unspecified atom stereocenters. The van der Waals surface area contributed by atoms with Crippen molar-refractivity contribution in [1.82, 2.24) is 0 Å². The van der Waals surface area contributed by atoms with Crippen molar-refractivity contribution in [3.63, 3.8) is 0 Å². The summed E-state index contributed by atoms with van der Waals surface area (Å²) in [5.41, 5.74) is 5.94. The normalized spacial score (nSPS) is 9.36. The fourth-order valence-electron chi connectivity index (χ4n) is 4.82. The van der Waals surface area contributed by atoms with E-state index in [2.05, 4.69) is 177 Å². The van der Waals surface area contributed by atoms with Gasteiger partial charge >= 0.3 is 0 Å². The first-order valence-electron chi connectivity index (χ1n) is 24.4. The molecule has 0 spiro atoms. The van der Waals surface area contributed by atoms with Crippen LogP contribution in [0.4, 0.5) is 0 Å². The van der Waals surface area contributed by atoms with Crippen molar-refractivity contribution in [2.24, 2.45) is 16.2 Å². The van der Waals surface area contributed by atoms with Crippen LogP contribution in [0.25, 0.3) is 0 Å². The monoisotopic (exact) mass is 811 g/mol. The van der Waals surface area contributed by atoms with Crippen LogP contribution in [-0.2, 0) is 6.42 Å². The van der Waals surface area contributed by atoms with Crippen molar-refractivity contribution in [2.75, 3.05) is 0 Å². The van der Waals surface area contributed by atoms with Crippen molar-refractivity contribution in [2.45, 2.75) is 250 Å². The molecule has 0 radical (unpaired) electrons. The van der Waals surface area contributed by atoms with Crippen LogP contribution in [0.2, 0.25) is 0 Å². The fourth-order valence-corrected chi connectivity index (χ4v) is 4.82. The number of aryl methyl sites for hydroxylation is 1. The maximum absolute atomic E-state index is 2.35. The predicted molar refractivity (Wildman–Crippen MR) is 281 cm³/mol. The van der Waals surface area contributed by atoms with Crippen LogP contribution in [0.3, 0.4) is 0 Å². The molecule has 0 amide bonds. The zero-order chi connectivity index (χ0) is 46.0. The summed E-state index contributed by atoms with van der Waals surface area (Å²) in [6.45, 7) is 50.0. The molecular formula is C58H114. The van der Waals surface area contributed by atoms with Crippen LogP contribution in [0.15, 0.2) is 91.0 Å². The number of hydrogen-bond acceptors (Lipinski definition) is 0. The summed E-state index contributed by atoms with van der Waals surface area (Å²) in [7, 11) is 0. The smallest absolute Gasteiger partial charge is 0.00258 e. The van der Waals surface area contributed by atoms with Gasteiger partial charge in [-0.25, -0.2) is 0 Å². The Morgan fingerprint density at radius 2 is 0.621 bits per heavy atom. The molecule has 346 valence electrons. The minimum absolute atomic E-state index is 0. The molecule has 58 heavy (non-hydrogen) atoms. The highest BCUT2D eigenvalue weighted by atomic mass is 14.3. The van der Waals surface area contributed by atoms with E-state index in [1.807, 2.05) is 73.6 Å². The first-order chi connectivity index (χ1) is 27.3. The van der Waals surface area contributed by atoms with Crippen LogP contribution >= 0.6 is 0 Å². The minimum atomic E-state index is 0. The van der Waals surface area contributed by atoms with Gasteiger partial charge in [0, 0.05) is 0 Å². The Labute approximate surface area is 372 Å². The van der Waals surface area contributed by atoms with E-state index in [1.165, 1.54) is 93.7 Å². The topological polar surface area (TPSA) is 0 Å². The average Bonchev–Trinajstić information content (AvgIpc) is 3.29. The predicted octanol–water partition coefficient (Wildman–Crippen LogP) is 21.9. The zero-order valence-corrected chi connectivity index (χ0v) is 43.9. The summed E-state index contributed by atoms with van der Waals surface area (Å²) in [6.07, 6.45) is 17.0. The lowest BCUT2D eigenvalue weighted by atomic mass is 9.78. The van der Waals surface area contributed by atoms with Crippen LogP contribution < -0.4 is 0 Å². The first-order valence-corrected chi connectivity index (χ1v) is 24.4. The second kappa shape index (κ2) is 56.8. The third-order valence-corrected chi connectivity index (χ3v) is 11.2. The number of unbranched alkanes of at least 4 members (excludes halogenated alkanes) is 2. The second-order valence-corrected chi connectivity index (χ2v) is 14.8. The summed E-state index contributed by atoms with van der Waals surface area (Å²) in [4.78, 5) is 0. The van der Waals surface area contributed by atoms with Gasteiger partial charge in [0.1, 0.15) is 0 Å². The van der Waals surface area contributed by atoms with Gasteiger partial charge < -0.3 is 0 Å². The number of rotatable bonds is 13. The summed E-state index contributed by atoms with van der Waals surface area (Å²) >= 11 is 0. The standard InChI is InChI=1S/C13H12.C9H20.C8H18.C7H8.C7H16.C5H12.4C2H6.CH4/c1-3-7-12(8-4-1)11-13-9-5-2-6-10-13;1-5-9(6-2,7-3)8-4;1-5-8(4,6-2)7-3;1-7-5-3-2-4-6-7;1-5-7(3,4)6-2;1-3-5-4-2;4*1-2;/h1-10H,11H2;5-8H2,1-4H3;5-7H2,1-4H3;2-6H,1H3;5-6H2,1-4H3;3-5H2,1-2H3;4*1-2H3;1H4. The quantitative estimate of drug-likeness (QED) is 0.161. The molecule has 0 aliphatic heterocycles. The highest BCUT2D eigenvalue weighted by molar-refractivity contribution is 5.25. The SMILES string of the molecule is C.CC.CC.CC.CC.CCC(C)(C)CC.CCC(C)(CC)CC.CCC(CC)(CC)CC.CCCCC.Cc1ccccc1.c1ccc(Cc2ccccc2)cc1. The summed E-state index contributed by atoms with van der Waals surface area (Å²) in [5.74, 6) is 0. The van der Waals surface area contributed by atoms with Crippen molar-refractivity contribution in [3.05, 3.63) is 108 Å². The Morgan fingerprint density at radius 3 is 0.724 bits per heavy atom. The molecule has 3 aromatic carbocycles. The molecule has 0 bridgehead atoms. The van der Waals surface area contributed by atoms with E-state index in [9.17, 15) is 0 Å². The van der Waals surface area contributed by atoms with Gasteiger partial charge in [-0.1, -0.05) is 333 Å². The van der Waals surface area contributed by atoms with Crippen molar-refractivity contribution in [3.8, 4) is 0 Å². The number of hydrogen-bond donors (Lipinski definition) is 0.